The lowest BCUT2D eigenvalue weighted by molar-refractivity contribution is -0.130. The summed E-state index contributed by atoms with van der Waals surface area (Å²) in [5.41, 5.74) is 1.91. The Hall–Kier alpha value is -1.99. The molecular weight excluding hydrogens is 414 g/mol. The number of rotatable bonds is 5. The van der Waals surface area contributed by atoms with Crippen molar-refractivity contribution in [1.29, 1.82) is 0 Å². The van der Waals surface area contributed by atoms with Gasteiger partial charge in [0, 0.05) is 35.8 Å². The van der Waals surface area contributed by atoms with Crippen LogP contribution in [0, 0.1) is 13.8 Å². The van der Waals surface area contributed by atoms with E-state index in [1.807, 2.05) is 38.1 Å². The van der Waals surface area contributed by atoms with Gasteiger partial charge in [-0.3, -0.25) is 9.59 Å². The summed E-state index contributed by atoms with van der Waals surface area (Å²) in [7, 11) is 1.78. The number of carbonyl (C=O) groups is 1. The van der Waals surface area contributed by atoms with Crippen molar-refractivity contribution >= 4 is 43.4 Å². The molecule has 1 aromatic carbocycles. The molecule has 0 radical (unpaired) electrons. The highest BCUT2D eigenvalue weighted by molar-refractivity contribution is 9.10. The smallest absolute Gasteiger partial charge is 0.259 e. The Labute approximate surface area is 164 Å². The van der Waals surface area contributed by atoms with Gasteiger partial charge in [0.25, 0.3) is 5.56 Å². The second-order valence-electron chi connectivity index (χ2n) is 6.32. The number of aromatic amines is 1. The van der Waals surface area contributed by atoms with Crippen molar-refractivity contribution in [2.75, 3.05) is 7.05 Å². The molecule has 5 nitrogen and oxygen atoms in total. The maximum Gasteiger partial charge on any atom is 0.259 e. The summed E-state index contributed by atoms with van der Waals surface area (Å²) in [6, 6.07) is 7.85. The largest absolute Gasteiger partial charge is 0.341 e. The molecule has 0 aliphatic carbocycles. The number of H-pyrrole nitrogens is 1. The zero-order valence-corrected chi connectivity index (χ0v) is 17.3. The van der Waals surface area contributed by atoms with Gasteiger partial charge in [0.05, 0.1) is 5.39 Å². The van der Waals surface area contributed by atoms with Crippen molar-refractivity contribution in [1.82, 2.24) is 14.9 Å². The minimum absolute atomic E-state index is 0.0158. The number of hydrogen-bond acceptors (Lipinski definition) is 4. The normalized spacial score (nSPS) is 11.1. The van der Waals surface area contributed by atoms with Crippen molar-refractivity contribution in [3.63, 3.8) is 0 Å². The number of aryl methyl sites for hydroxylation is 3. The van der Waals surface area contributed by atoms with Gasteiger partial charge < -0.3 is 9.88 Å². The van der Waals surface area contributed by atoms with Crippen LogP contribution in [-0.2, 0) is 17.8 Å². The quantitative estimate of drug-likeness (QED) is 0.661. The maximum absolute atomic E-state index is 12.4. The molecule has 3 aromatic rings. The lowest BCUT2D eigenvalue weighted by Gasteiger charge is -2.18. The number of fused-ring (bicyclic) bond motifs is 1. The molecule has 7 heteroatoms. The van der Waals surface area contributed by atoms with E-state index in [1.54, 1.807) is 11.9 Å². The Bertz CT molecular complexity index is 1030. The number of nitrogens with zero attached hydrogens (tertiary/aromatic N) is 2. The van der Waals surface area contributed by atoms with Crippen molar-refractivity contribution in [2.45, 2.75) is 33.2 Å². The molecule has 2 heterocycles. The van der Waals surface area contributed by atoms with Gasteiger partial charge in [0.15, 0.2) is 0 Å². The molecule has 0 atom stereocenters. The van der Waals surface area contributed by atoms with Crippen LogP contribution in [-0.4, -0.2) is 27.8 Å². The average Bonchev–Trinajstić information content (AvgIpc) is 2.89. The Morgan fingerprint density at radius 2 is 2.04 bits per heavy atom. The molecule has 0 aliphatic heterocycles. The van der Waals surface area contributed by atoms with Gasteiger partial charge in [0.1, 0.15) is 10.7 Å². The van der Waals surface area contributed by atoms with Crippen LogP contribution < -0.4 is 5.56 Å². The van der Waals surface area contributed by atoms with Gasteiger partial charge >= 0.3 is 0 Å². The topological polar surface area (TPSA) is 66.1 Å². The summed E-state index contributed by atoms with van der Waals surface area (Å²) in [4.78, 5) is 35.6. The first kappa shape index (κ1) is 18.8. The van der Waals surface area contributed by atoms with Crippen LogP contribution >= 0.6 is 27.3 Å². The minimum Gasteiger partial charge on any atom is -0.341 e. The Morgan fingerprint density at radius 1 is 1.31 bits per heavy atom. The summed E-state index contributed by atoms with van der Waals surface area (Å²) in [6.07, 6.45) is 0.721. The zero-order chi connectivity index (χ0) is 18.8. The molecule has 136 valence electrons. The number of carbonyl (C=O) groups excluding carboxylic acids is 1. The third-order valence-electron chi connectivity index (χ3n) is 4.45. The lowest BCUT2D eigenvalue weighted by atomic mass is 10.2. The number of hydrogen-bond donors (Lipinski definition) is 1. The predicted molar refractivity (Wildman–Crippen MR) is 109 cm³/mol. The minimum atomic E-state index is -0.124. The first-order chi connectivity index (χ1) is 12.4. The second-order valence-corrected chi connectivity index (χ2v) is 8.37. The monoisotopic (exact) mass is 433 g/mol. The fourth-order valence-electron chi connectivity index (χ4n) is 2.80. The van der Waals surface area contributed by atoms with Crippen LogP contribution in [0.5, 0.6) is 0 Å². The number of aromatic nitrogens is 2. The SMILES string of the molecule is Cc1sc2nc(CCC(=O)N(C)Cc3ccccc3Br)[nH]c(=O)c2c1C. The van der Waals surface area contributed by atoms with E-state index < -0.39 is 0 Å². The van der Waals surface area contributed by atoms with Crippen LogP contribution in [0.3, 0.4) is 0 Å². The molecule has 3 rings (SSSR count). The molecular formula is C19H20BrN3O2S. The Morgan fingerprint density at radius 3 is 2.77 bits per heavy atom. The highest BCUT2D eigenvalue weighted by Crippen LogP contribution is 2.25. The molecule has 0 bridgehead atoms. The summed E-state index contributed by atoms with van der Waals surface area (Å²) >= 11 is 5.02. The van der Waals surface area contributed by atoms with Gasteiger partial charge in [-0.2, -0.15) is 0 Å². The van der Waals surface area contributed by atoms with Crippen LogP contribution in [0.15, 0.2) is 33.5 Å². The third kappa shape index (κ3) is 3.88. The van der Waals surface area contributed by atoms with Crippen LogP contribution in [0.25, 0.3) is 10.2 Å². The predicted octanol–water partition coefficient (Wildman–Crippen LogP) is 3.96. The fraction of sp³-hybridized carbons (Fsp3) is 0.316. The van der Waals surface area contributed by atoms with Gasteiger partial charge in [0.2, 0.25) is 5.91 Å². The van der Waals surface area contributed by atoms with Crippen molar-refractivity contribution in [3.8, 4) is 0 Å². The number of amides is 1. The Balaban J connectivity index is 1.68. The number of nitrogens with one attached hydrogen (secondary N) is 1. The standard InChI is InChI=1S/C19H20BrN3O2S/c1-11-12(2)26-19-17(11)18(25)21-15(22-19)8-9-16(24)23(3)10-13-6-4-5-7-14(13)20/h4-7H,8-10H2,1-3H3,(H,21,22,25). The molecule has 1 N–H and O–H groups in total. The van der Waals surface area contributed by atoms with E-state index in [1.165, 1.54) is 11.3 Å². The van der Waals surface area contributed by atoms with Gasteiger partial charge in [-0.15, -0.1) is 11.3 Å². The summed E-state index contributed by atoms with van der Waals surface area (Å²) in [5, 5.41) is 0.661. The van der Waals surface area contributed by atoms with Gasteiger partial charge in [-0.25, -0.2) is 4.98 Å². The average molecular weight is 434 g/mol. The molecule has 1 amide bonds. The van der Waals surface area contributed by atoms with E-state index in [-0.39, 0.29) is 11.5 Å². The summed E-state index contributed by atoms with van der Waals surface area (Å²) < 4.78 is 0.986. The summed E-state index contributed by atoms with van der Waals surface area (Å²) in [5.74, 6) is 0.577. The molecule has 0 fully saturated rings. The molecule has 0 saturated carbocycles. The van der Waals surface area contributed by atoms with Crippen LogP contribution in [0.4, 0.5) is 0 Å². The van der Waals surface area contributed by atoms with Gasteiger partial charge in [-0.1, -0.05) is 34.1 Å². The maximum atomic E-state index is 12.4. The van der Waals surface area contributed by atoms with Crippen LogP contribution in [0.1, 0.15) is 28.2 Å². The lowest BCUT2D eigenvalue weighted by Crippen LogP contribution is -2.27. The third-order valence-corrected chi connectivity index (χ3v) is 6.33. The first-order valence-corrected chi connectivity index (χ1v) is 9.94. The first-order valence-electron chi connectivity index (χ1n) is 8.33. The number of benzene rings is 1. The number of halogens is 1. The highest BCUT2D eigenvalue weighted by Gasteiger charge is 2.14. The molecule has 0 aliphatic rings. The van der Waals surface area contributed by atoms with Crippen molar-refractivity contribution in [2.24, 2.45) is 0 Å². The fourth-order valence-corrected chi connectivity index (χ4v) is 4.26. The van der Waals surface area contributed by atoms with E-state index in [0.717, 1.165) is 25.3 Å². The van der Waals surface area contributed by atoms with E-state index in [2.05, 4.69) is 25.9 Å². The second kappa shape index (κ2) is 7.72. The van der Waals surface area contributed by atoms with E-state index in [0.29, 0.717) is 30.6 Å². The van der Waals surface area contributed by atoms with Crippen LogP contribution in [0.2, 0.25) is 0 Å². The van der Waals surface area contributed by atoms with Crippen molar-refractivity contribution < 1.29 is 4.79 Å². The highest BCUT2D eigenvalue weighted by atomic mass is 79.9. The van der Waals surface area contributed by atoms with E-state index in [4.69, 9.17) is 0 Å². The zero-order valence-electron chi connectivity index (χ0n) is 14.9. The van der Waals surface area contributed by atoms with Gasteiger partial charge in [-0.05, 0) is 31.0 Å². The molecule has 0 spiro atoms. The molecule has 0 saturated heterocycles. The molecule has 26 heavy (non-hydrogen) atoms. The Kier molecular flexibility index (Phi) is 5.58. The molecule has 2 aromatic heterocycles. The van der Waals surface area contributed by atoms with Crippen molar-refractivity contribution in [3.05, 3.63) is 60.9 Å². The van der Waals surface area contributed by atoms with E-state index in [9.17, 15) is 9.59 Å². The molecule has 0 unspecified atom stereocenters. The number of thiophene rings is 1. The van der Waals surface area contributed by atoms with E-state index >= 15 is 0 Å². The summed E-state index contributed by atoms with van der Waals surface area (Å²) in [6.45, 7) is 4.46.